The highest BCUT2D eigenvalue weighted by atomic mass is 16.4. The predicted molar refractivity (Wildman–Crippen MR) is 74.7 cm³/mol. The van der Waals surface area contributed by atoms with Crippen molar-refractivity contribution in [2.45, 2.75) is 65.3 Å². The molecule has 1 saturated carbocycles. The minimum Gasteiger partial charge on any atom is -0.480 e. The van der Waals surface area contributed by atoms with Crippen molar-refractivity contribution in [2.24, 2.45) is 11.8 Å². The minimum atomic E-state index is -0.687. The fraction of sp³-hybridized carbons (Fsp3) is 0.933. The van der Waals surface area contributed by atoms with Crippen LogP contribution in [-0.2, 0) is 4.79 Å². The first-order valence-corrected chi connectivity index (χ1v) is 7.50. The average Bonchev–Trinajstić information content (AvgIpc) is 2.53. The highest BCUT2D eigenvalue weighted by Gasteiger charge is 2.25. The van der Waals surface area contributed by atoms with Gasteiger partial charge in [0.15, 0.2) is 0 Å². The molecule has 1 rings (SSSR count). The topological polar surface area (TPSA) is 40.5 Å². The molecule has 0 radical (unpaired) electrons. The third-order valence-corrected chi connectivity index (χ3v) is 4.29. The van der Waals surface area contributed by atoms with Crippen molar-refractivity contribution in [3.05, 3.63) is 0 Å². The summed E-state index contributed by atoms with van der Waals surface area (Å²) in [5.74, 6) is 0.916. The normalized spacial score (nSPS) is 25.4. The smallest absolute Gasteiger partial charge is 0.317 e. The van der Waals surface area contributed by atoms with Crippen molar-refractivity contribution >= 4 is 5.97 Å². The zero-order valence-electron chi connectivity index (χ0n) is 12.2. The molecule has 3 nitrogen and oxygen atoms in total. The van der Waals surface area contributed by atoms with Crippen molar-refractivity contribution < 1.29 is 9.90 Å². The molecule has 0 aliphatic heterocycles. The first-order valence-electron chi connectivity index (χ1n) is 7.50. The molecule has 1 fully saturated rings. The predicted octanol–water partition coefficient (Wildman–Crippen LogP) is 3.39. The molecule has 0 bridgehead atoms. The number of hydrogen-bond donors (Lipinski definition) is 1. The Hall–Kier alpha value is -0.570. The van der Waals surface area contributed by atoms with E-state index in [0.717, 1.165) is 24.8 Å². The monoisotopic (exact) mass is 255 g/mol. The molecule has 2 atom stereocenters. The van der Waals surface area contributed by atoms with E-state index in [1.165, 1.54) is 32.1 Å². The second-order valence-corrected chi connectivity index (χ2v) is 6.03. The van der Waals surface area contributed by atoms with E-state index < -0.39 is 5.97 Å². The first kappa shape index (κ1) is 15.5. The number of carboxylic acid groups (broad SMARTS) is 1. The van der Waals surface area contributed by atoms with Gasteiger partial charge in [0.05, 0.1) is 6.54 Å². The number of hydrogen-bond acceptors (Lipinski definition) is 2. The maximum absolute atomic E-state index is 10.9. The van der Waals surface area contributed by atoms with Crippen molar-refractivity contribution in [1.29, 1.82) is 0 Å². The van der Waals surface area contributed by atoms with Crippen molar-refractivity contribution in [2.75, 3.05) is 13.1 Å². The van der Waals surface area contributed by atoms with Gasteiger partial charge in [-0.2, -0.15) is 0 Å². The number of carboxylic acids is 1. The molecular formula is C15H29NO2. The standard InChI is InChI=1S/C15H29NO2/c1-4-10-16(11-15(17)18)14-7-5-6-13(8-9-14)12(2)3/h12-14H,4-11H2,1-3H3,(H,17,18). The summed E-state index contributed by atoms with van der Waals surface area (Å²) in [5, 5.41) is 9.01. The highest BCUT2D eigenvalue weighted by molar-refractivity contribution is 5.69. The van der Waals surface area contributed by atoms with Crippen LogP contribution in [0.4, 0.5) is 0 Å². The molecule has 0 spiro atoms. The summed E-state index contributed by atoms with van der Waals surface area (Å²) in [6.07, 6.45) is 7.24. The van der Waals surface area contributed by atoms with Crippen LogP contribution < -0.4 is 0 Å². The Morgan fingerprint density at radius 3 is 2.56 bits per heavy atom. The van der Waals surface area contributed by atoms with E-state index in [1.807, 2.05) is 0 Å². The lowest BCUT2D eigenvalue weighted by Crippen LogP contribution is -2.39. The van der Waals surface area contributed by atoms with Crippen LogP contribution in [0.5, 0.6) is 0 Å². The molecule has 1 aliphatic rings. The highest BCUT2D eigenvalue weighted by Crippen LogP contribution is 2.30. The lowest BCUT2D eigenvalue weighted by Gasteiger charge is -2.29. The molecule has 0 heterocycles. The largest absolute Gasteiger partial charge is 0.480 e. The second kappa shape index (κ2) is 7.78. The fourth-order valence-corrected chi connectivity index (χ4v) is 3.19. The van der Waals surface area contributed by atoms with Gasteiger partial charge in [-0.3, -0.25) is 9.69 Å². The third-order valence-electron chi connectivity index (χ3n) is 4.29. The van der Waals surface area contributed by atoms with Gasteiger partial charge >= 0.3 is 5.97 Å². The molecule has 1 aliphatic carbocycles. The zero-order valence-corrected chi connectivity index (χ0v) is 12.2. The quantitative estimate of drug-likeness (QED) is 0.740. The van der Waals surface area contributed by atoms with E-state index >= 15 is 0 Å². The van der Waals surface area contributed by atoms with E-state index in [0.29, 0.717) is 6.04 Å². The molecule has 0 saturated heterocycles. The molecule has 2 unspecified atom stereocenters. The van der Waals surface area contributed by atoms with Crippen LogP contribution >= 0.6 is 0 Å². The first-order chi connectivity index (χ1) is 8.54. The van der Waals surface area contributed by atoms with Crippen LogP contribution in [-0.4, -0.2) is 35.1 Å². The van der Waals surface area contributed by atoms with E-state index in [9.17, 15) is 4.79 Å². The van der Waals surface area contributed by atoms with E-state index in [-0.39, 0.29) is 6.54 Å². The molecule has 106 valence electrons. The lowest BCUT2D eigenvalue weighted by atomic mass is 9.89. The Morgan fingerprint density at radius 2 is 2.00 bits per heavy atom. The third kappa shape index (κ3) is 4.97. The summed E-state index contributed by atoms with van der Waals surface area (Å²) in [7, 11) is 0. The Balaban J connectivity index is 2.54. The summed E-state index contributed by atoms with van der Waals surface area (Å²) < 4.78 is 0. The number of carbonyl (C=O) groups is 1. The maximum atomic E-state index is 10.9. The Kier molecular flexibility index (Phi) is 6.69. The second-order valence-electron chi connectivity index (χ2n) is 6.03. The number of nitrogens with zero attached hydrogens (tertiary/aromatic N) is 1. The van der Waals surface area contributed by atoms with Gasteiger partial charge in [0, 0.05) is 6.04 Å². The Bertz CT molecular complexity index is 253. The van der Waals surface area contributed by atoms with Crippen molar-refractivity contribution in [1.82, 2.24) is 4.90 Å². The zero-order chi connectivity index (χ0) is 13.5. The molecule has 0 aromatic heterocycles. The van der Waals surface area contributed by atoms with Gasteiger partial charge in [-0.25, -0.2) is 0 Å². The summed E-state index contributed by atoms with van der Waals surface area (Å²) in [6.45, 7) is 7.88. The van der Waals surface area contributed by atoms with Gasteiger partial charge in [-0.1, -0.05) is 33.6 Å². The number of rotatable bonds is 6. The van der Waals surface area contributed by atoms with Crippen LogP contribution in [0.25, 0.3) is 0 Å². The van der Waals surface area contributed by atoms with Crippen LogP contribution in [0.15, 0.2) is 0 Å². The Labute approximate surface area is 112 Å². The van der Waals surface area contributed by atoms with Gasteiger partial charge in [0.2, 0.25) is 0 Å². The van der Waals surface area contributed by atoms with Gasteiger partial charge < -0.3 is 5.11 Å². The van der Waals surface area contributed by atoms with Gasteiger partial charge in [-0.05, 0) is 44.1 Å². The summed E-state index contributed by atoms with van der Waals surface area (Å²) in [5.41, 5.74) is 0. The lowest BCUT2D eigenvalue weighted by molar-refractivity contribution is -0.139. The van der Waals surface area contributed by atoms with E-state index in [4.69, 9.17) is 5.11 Å². The fourth-order valence-electron chi connectivity index (χ4n) is 3.19. The van der Waals surface area contributed by atoms with E-state index in [1.54, 1.807) is 0 Å². The average molecular weight is 255 g/mol. The maximum Gasteiger partial charge on any atom is 0.317 e. The molecule has 0 amide bonds. The molecule has 0 aromatic carbocycles. The number of aliphatic carboxylic acids is 1. The molecular weight excluding hydrogens is 226 g/mol. The van der Waals surface area contributed by atoms with Gasteiger partial charge in [0.25, 0.3) is 0 Å². The van der Waals surface area contributed by atoms with Crippen LogP contribution in [0.2, 0.25) is 0 Å². The van der Waals surface area contributed by atoms with Crippen molar-refractivity contribution in [3.63, 3.8) is 0 Å². The van der Waals surface area contributed by atoms with Crippen LogP contribution in [0.3, 0.4) is 0 Å². The van der Waals surface area contributed by atoms with Gasteiger partial charge in [0.1, 0.15) is 0 Å². The molecule has 1 N–H and O–H groups in total. The van der Waals surface area contributed by atoms with Crippen LogP contribution in [0.1, 0.15) is 59.3 Å². The summed E-state index contributed by atoms with van der Waals surface area (Å²) >= 11 is 0. The molecule has 18 heavy (non-hydrogen) atoms. The molecule has 3 heteroatoms. The summed E-state index contributed by atoms with van der Waals surface area (Å²) in [4.78, 5) is 13.1. The summed E-state index contributed by atoms with van der Waals surface area (Å²) in [6, 6.07) is 0.491. The SMILES string of the molecule is CCCN(CC(=O)O)C1CCCC(C(C)C)CC1. The van der Waals surface area contributed by atoms with E-state index in [2.05, 4.69) is 25.7 Å². The minimum absolute atomic E-state index is 0.213. The van der Waals surface area contributed by atoms with Crippen molar-refractivity contribution in [3.8, 4) is 0 Å². The van der Waals surface area contributed by atoms with Gasteiger partial charge in [-0.15, -0.1) is 0 Å². The van der Waals surface area contributed by atoms with Crippen LogP contribution in [0, 0.1) is 11.8 Å². The Morgan fingerprint density at radius 1 is 1.28 bits per heavy atom. The molecule has 0 aromatic rings.